The molecule has 3 aromatic rings. The minimum atomic E-state index is -4.25. The lowest BCUT2D eigenvalue weighted by Crippen LogP contribution is -2.03. The highest BCUT2D eigenvalue weighted by atomic mass is 19.4. The fourth-order valence-electron chi connectivity index (χ4n) is 2.48. The predicted molar refractivity (Wildman–Crippen MR) is 119 cm³/mol. The van der Waals surface area contributed by atoms with Crippen molar-refractivity contribution in [2.24, 2.45) is 0 Å². The van der Waals surface area contributed by atoms with Crippen molar-refractivity contribution in [3.63, 3.8) is 0 Å². The van der Waals surface area contributed by atoms with Crippen LogP contribution in [0, 0.1) is 47.6 Å². The van der Waals surface area contributed by atoms with Gasteiger partial charge in [0.25, 0.3) is 0 Å². The average Bonchev–Trinajstić information content (AvgIpc) is 2.85. The number of aryl methyl sites for hydroxylation is 1. The molecule has 0 saturated heterocycles. The topological polar surface area (TPSA) is 0 Å². The van der Waals surface area contributed by atoms with Crippen LogP contribution in [0.3, 0.4) is 0 Å². The van der Waals surface area contributed by atoms with Gasteiger partial charge in [0.2, 0.25) is 5.82 Å². The van der Waals surface area contributed by atoms with E-state index in [1.54, 1.807) is 6.07 Å². The Balaban J connectivity index is 0.000000271. The Hall–Kier alpha value is -3.82. The van der Waals surface area contributed by atoms with E-state index in [-0.39, 0.29) is 0 Å². The molecule has 0 saturated carbocycles. The molecule has 0 amide bonds. The highest BCUT2D eigenvalue weighted by molar-refractivity contribution is 5.50. The lowest BCUT2D eigenvalue weighted by molar-refractivity contribution is -0.137. The summed E-state index contributed by atoms with van der Waals surface area (Å²) in [5, 5.41) is 0. The van der Waals surface area contributed by atoms with Crippen LogP contribution in [0.5, 0.6) is 0 Å². The summed E-state index contributed by atoms with van der Waals surface area (Å²) in [6.07, 6.45) is -0.703. The van der Waals surface area contributed by atoms with Crippen LogP contribution in [0.15, 0.2) is 56.1 Å². The van der Waals surface area contributed by atoms with E-state index in [4.69, 9.17) is 0 Å². The van der Waals surface area contributed by atoms with E-state index in [0.29, 0.717) is 22.8 Å². The molecular formula is C26H18F10. The van der Waals surface area contributed by atoms with Crippen LogP contribution in [-0.4, -0.2) is 0 Å². The molecule has 3 aromatic carbocycles. The molecule has 0 fully saturated rings. The van der Waals surface area contributed by atoms with Crippen molar-refractivity contribution in [2.75, 3.05) is 0 Å². The van der Waals surface area contributed by atoms with Gasteiger partial charge in [-0.2, -0.15) is 13.2 Å². The van der Waals surface area contributed by atoms with Crippen molar-refractivity contribution in [1.29, 1.82) is 0 Å². The molecule has 0 radical (unpaired) electrons. The molecule has 0 spiro atoms. The lowest BCUT2D eigenvalue weighted by Gasteiger charge is -2.05. The summed E-state index contributed by atoms with van der Waals surface area (Å²) in [7, 11) is 0. The normalized spacial score (nSPS) is 10.4. The van der Waals surface area contributed by atoms with Crippen LogP contribution < -0.4 is 0 Å². The zero-order valence-corrected chi connectivity index (χ0v) is 18.6. The molecule has 0 aliphatic rings. The van der Waals surface area contributed by atoms with Crippen molar-refractivity contribution in [3.05, 3.63) is 125 Å². The molecule has 0 heterocycles. The van der Waals surface area contributed by atoms with Gasteiger partial charge >= 0.3 is 6.18 Å². The van der Waals surface area contributed by atoms with Crippen LogP contribution in [0.25, 0.3) is 18.2 Å². The van der Waals surface area contributed by atoms with Crippen LogP contribution in [0.2, 0.25) is 0 Å². The zero-order chi connectivity index (χ0) is 27.8. The van der Waals surface area contributed by atoms with Crippen molar-refractivity contribution in [1.82, 2.24) is 0 Å². The van der Waals surface area contributed by atoms with Crippen LogP contribution in [-0.2, 0) is 6.18 Å². The first-order chi connectivity index (χ1) is 16.7. The fraction of sp³-hybridized carbons (Fsp3) is 0.0769. The number of benzene rings is 3. The van der Waals surface area contributed by atoms with Crippen LogP contribution in [0.4, 0.5) is 43.9 Å². The summed E-state index contributed by atoms with van der Waals surface area (Å²) in [5.74, 6) is -11.4. The van der Waals surface area contributed by atoms with Crippen molar-refractivity contribution in [3.8, 4) is 0 Å². The number of hydrogen-bond donors (Lipinski definition) is 0. The highest BCUT2D eigenvalue weighted by Crippen LogP contribution is 2.29. The Morgan fingerprint density at radius 1 is 0.583 bits per heavy atom. The van der Waals surface area contributed by atoms with E-state index in [0.717, 1.165) is 18.2 Å². The Morgan fingerprint density at radius 3 is 1.39 bits per heavy atom. The Labute approximate surface area is 200 Å². The third kappa shape index (κ3) is 7.59. The first-order valence-corrected chi connectivity index (χ1v) is 9.71. The molecule has 0 N–H and O–H groups in total. The summed E-state index contributed by atoms with van der Waals surface area (Å²) < 4.78 is 124. The molecule has 192 valence electrons. The maximum atomic E-state index is 12.6. The van der Waals surface area contributed by atoms with Gasteiger partial charge in [0, 0.05) is 0 Å². The second-order valence-electron chi connectivity index (χ2n) is 6.85. The average molecular weight is 520 g/mol. The van der Waals surface area contributed by atoms with Crippen molar-refractivity contribution >= 4 is 18.2 Å². The van der Waals surface area contributed by atoms with Crippen molar-refractivity contribution in [2.45, 2.75) is 13.1 Å². The molecule has 36 heavy (non-hydrogen) atoms. The van der Waals surface area contributed by atoms with Gasteiger partial charge in [-0.15, -0.1) is 0 Å². The fourth-order valence-corrected chi connectivity index (χ4v) is 2.48. The van der Waals surface area contributed by atoms with Gasteiger partial charge in [-0.05, 0) is 47.9 Å². The van der Waals surface area contributed by atoms with Crippen molar-refractivity contribution < 1.29 is 43.9 Å². The summed E-state index contributed by atoms with van der Waals surface area (Å²) >= 11 is 0. The molecular weight excluding hydrogens is 502 g/mol. The smallest absolute Gasteiger partial charge is 0.204 e. The molecule has 0 aliphatic heterocycles. The second-order valence-corrected chi connectivity index (χ2v) is 6.85. The quantitative estimate of drug-likeness (QED) is 0.183. The minimum absolute atomic E-state index is 0.305. The summed E-state index contributed by atoms with van der Waals surface area (Å²) in [4.78, 5) is 0. The molecule has 0 aromatic heterocycles. The third-order valence-corrected chi connectivity index (χ3v) is 4.39. The van der Waals surface area contributed by atoms with Gasteiger partial charge in [-0.25, -0.2) is 30.7 Å². The summed E-state index contributed by atoms with van der Waals surface area (Å²) in [5.41, 5.74) is -0.0613. The van der Waals surface area contributed by atoms with Gasteiger partial charge < -0.3 is 0 Å². The molecule has 10 heteroatoms. The SMILES string of the molecule is C=Cc1c(F)c(F)c(F)c(F)c1F.C=Cc1cc(C)c(F)c(F)c1.C=Cc1ccc(C(F)(F)F)cc1. The first-order valence-electron chi connectivity index (χ1n) is 9.71. The largest absolute Gasteiger partial charge is 0.416 e. The Kier molecular flexibility index (Phi) is 10.7. The summed E-state index contributed by atoms with van der Waals surface area (Å²) in [6.45, 7) is 11.3. The zero-order valence-electron chi connectivity index (χ0n) is 18.6. The third-order valence-electron chi connectivity index (χ3n) is 4.39. The van der Waals surface area contributed by atoms with E-state index in [1.807, 2.05) is 0 Å². The number of alkyl halides is 3. The molecule has 0 bridgehead atoms. The number of rotatable bonds is 3. The molecule has 3 rings (SSSR count). The highest BCUT2D eigenvalue weighted by Gasteiger charge is 2.29. The number of hydrogen-bond acceptors (Lipinski definition) is 0. The van der Waals surface area contributed by atoms with Crippen LogP contribution >= 0.6 is 0 Å². The van der Waals surface area contributed by atoms with Gasteiger partial charge in [-0.3, -0.25) is 0 Å². The molecule has 0 atom stereocenters. The standard InChI is InChI=1S/C9H7F3.C9H8F2.C8H3F5/c1-2-7-3-5-8(6-4-7)9(10,11)12;1-3-7-4-6(2)9(11)8(10)5-7;1-2-3-4(9)6(11)8(13)7(12)5(3)10/h2-6H,1H2;3-5H,1H2,2H3;2H,1H2. The molecule has 0 aliphatic carbocycles. The maximum absolute atomic E-state index is 12.6. The Bertz CT molecular complexity index is 1190. The van der Waals surface area contributed by atoms with E-state index < -0.39 is 58.0 Å². The monoisotopic (exact) mass is 520 g/mol. The summed E-state index contributed by atoms with van der Waals surface area (Å²) in [6, 6.07) is 7.51. The van der Waals surface area contributed by atoms with Gasteiger partial charge in [-0.1, -0.05) is 50.1 Å². The van der Waals surface area contributed by atoms with E-state index in [2.05, 4.69) is 19.7 Å². The lowest BCUT2D eigenvalue weighted by atomic mass is 10.1. The van der Waals surface area contributed by atoms with E-state index in [1.165, 1.54) is 31.2 Å². The van der Waals surface area contributed by atoms with Gasteiger partial charge in [0.15, 0.2) is 34.9 Å². The first kappa shape index (κ1) is 30.2. The number of halogens is 10. The van der Waals surface area contributed by atoms with Crippen LogP contribution in [0.1, 0.15) is 27.8 Å². The van der Waals surface area contributed by atoms with E-state index >= 15 is 0 Å². The maximum Gasteiger partial charge on any atom is 0.416 e. The molecule has 0 nitrogen and oxygen atoms in total. The predicted octanol–water partition coefficient (Wildman–Crippen LogP) is 9.29. The molecule has 0 unspecified atom stereocenters. The second kappa shape index (κ2) is 12.8. The van der Waals surface area contributed by atoms with Gasteiger partial charge in [0.05, 0.1) is 11.1 Å². The van der Waals surface area contributed by atoms with Gasteiger partial charge in [0.1, 0.15) is 0 Å². The minimum Gasteiger partial charge on any atom is -0.204 e. The Morgan fingerprint density at radius 2 is 1.03 bits per heavy atom. The van der Waals surface area contributed by atoms with E-state index in [9.17, 15) is 43.9 Å².